The molecule has 2 atom stereocenters. The third-order valence-corrected chi connectivity index (χ3v) is 2.17. The highest BCUT2D eigenvalue weighted by Gasteiger charge is 2.33. The van der Waals surface area contributed by atoms with Gasteiger partial charge in [0.2, 0.25) is 0 Å². The minimum Gasteiger partial charge on any atom is -0.486 e. The molecule has 1 aliphatic rings. The monoisotopic (exact) mass is 216 g/mol. The average molecular weight is 216 g/mol. The second kappa shape index (κ2) is 4.02. The number of halogens is 2. The number of hydrogen-bond donors (Lipinski definition) is 1. The standard InChI is InChI=1S/C10H10F2O3/c11-10(12)9(13)8-5-14-6-3-1-2-4-7(6)15-8/h1-4,8-10,13H,5H2. The van der Waals surface area contributed by atoms with Crippen LogP contribution in [0.2, 0.25) is 0 Å². The van der Waals surface area contributed by atoms with Crippen LogP contribution in [0.25, 0.3) is 0 Å². The number of rotatable bonds is 2. The first-order chi connectivity index (χ1) is 7.18. The summed E-state index contributed by atoms with van der Waals surface area (Å²) in [7, 11) is 0. The molecule has 1 heterocycles. The summed E-state index contributed by atoms with van der Waals surface area (Å²) >= 11 is 0. The van der Waals surface area contributed by atoms with Crippen molar-refractivity contribution >= 4 is 0 Å². The molecule has 1 aliphatic heterocycles. The van der Waals surface area contributed by atoms with E-state index in [0.29, 0.717) is 11.5 Å². The van der Waals surface area contributed by atoms with Crippen LogP contribution in [0.15, 0.2) is 24.3 Å². The first-order valence-corrected chi connectivity index (χ1v) is 4.53. The van der Waals surface area contributed by atoms with Crippen LogP contribution in [-0.2, 0) is 0 Å². The van der Waals surface area contributed by atoms with E-state index in [4.69, 9.17) is 14.6 Å². The maximum Gasteiger partial charge on any atom is 0.267 e. The largest absolute Gasteiger partial charge is 0.486 e. The topological polar surface area (TPSA) is 38.7 Å². The molecule has 1 aromatic carbocycles. The SMILES string of the molecule is OC(C(F)F)C1COc2ccccc2O1. The molecule has 0 saturated carbocycles. The number of hydrogen-bond acceptors (Lipinski definition) is 3. The van der Waals surface area contributed by atoms with Crippen LogP contribution in [0.3, 0.4) is 0 Å². The van der Waals surface area contributed by atoms with Crippen LogP contribution in [0, 0.1) is 0 Å². The van der Waals surface area contributed by atoms with Crippen molar-refractivity contribution < 1.29 is 23.4 Å². The predicted molar refractivity (Wildman–Crippen MR) is 48.4 cm³/mol. The van der Waals surface area contributed by atoms with Crippen molar-refractivity contribution in [1.82, 2.24) is 0 Å². The molecule has 5 heteroatoms. The van der Waals surface area contributed by atoms with Crippen LogP contribution < -0.4 is 9.47 Å². The smallest absolute Gasteiger partial charge is 0.267 e. The Labute approximate surface area is 85.2 Å². The molecule has 0 amide bonds. The van der Waals surface area contributed by atoms with Gasteiger partial charge in [-0.05, 0) is 12.1 Å². The molecular weight excluding hydrogens is 206 g/mol. The summed E-state index contributed by atoms with van der Waals surface area (Å²) in [6.07, 6.45) is -5.66. The summed E-state index contributed by atoms with van der Waals surface area (Å²) in [5.74, 6) is 0.892. The fraction of sp³-hybridized carbons (Fsp3) is 0.400. The van der Waals surface area contributed by atoms with E-state index >= 15 is 0 Å². The fourth-order valence-electron chi connectivity index (χ4n) is 1.37. The van der Waals surface area contributed by atoms with Gasteiger partial charge in [-0.3, -0.25) is 0 Å². The Morgan fingerprint density at radius 1 is 1.27 bits per heavy atom. The van der Waals surface area contributed by atoms with Crippen LogP contribution in [-0.4, -0.2) is 30.3 Å². The van der Waals surface area contributed by atoms with E-state index in [2.05, 4.69) is 0 Å². The Morgan fingerprint density at radius 3 is 2.60 bits per heavy atom. The maximum absolute atomic E-state index is 12.2. The first-order valence-electron chi connectivity index (χ1n) is 4.53. The summed E-state index contributed by atoms with van der Waals surface area (Å²) in [5, 5.41) is 9.12. The Bertz CT molecular complexity index is 343. The van der Waals surface area contributed by atoms with Gasteiger partial charge in [0, 0.05) is 0 Å². The van der Waals surface area contributed by atoms with Crippen LogP contribution >= 0.6 is 0 Å². The molecule has 2 unspecified atom stereocenters. The van der Waals surface area contributed by atoms with Gasteiger partial charge >= 0.3 is 0 Å². The Morgan fingerprint density at radius 2 is 1.93 bits per heavy atom. The number of aliphatic hydroxyl groups excluding tert-OH is 1. The highest BCUT2D eigenvalue weighted by atomic mass is 19.3. The van der Waals surface area contributed by atoms with Crippen molar-refractivity contribution in [2.45, 2.75) is 18.6 Å². The van der Waals surface area contributed by atoms with E-state index < -0.39 is 18.6 Å². The van der Waals surface area contributed by atoms with Gasteiger partial charge in [0.25, 0.3) is 6.43 Å². The summed E-state index contributed by atoms with van der Waals surface area (Å²) in [5.41, 5.74) is 0. The first kappa shape index (κ1) is 10.2. The third kappa shape index (κ3) is 2.02. The normalized spacial score (nSPS) is 21.5. The van der Waals surface area contributed by atoms with Gasteiger partial charge in [-0.25, -0.2) is 8.78 Å². The zero-order chi connectivity index (χ0) is 10.8. The van der Waals surface area contributed by atoms with Gasteiger partial charge in [-0.15, -0.1) is 0 Å². The number of fused-ring (bicyclic) bond motifs is 1. The maximum atomic E-state index is 12.2. The average Bonchev–Trinajstić information content (AvgIpc) is 2.27. The van der Waals surface area contributed by atoms with Crippen molar-refractivity contribution in [2.75, 3.05) is 6.61 Å². The Balaban J connectivity index is 2.12. The van der Waals surface area contributed by atoms with Crippen LogP contribution in [0.5, 0.6) is 11.5 Å². The molecule has 0 aromatic heterocycles. The molecule has 0 fully saturated rings. The summed E-state index contributed by atoms with van der Waals surface area (Å²) in [4.78, 5) is 0. The summed E-state index contributed by atoms with van der Waals surface area (Å²) in [6, 6.07) is 6.76. The molecule has 0 spiro atoms. The quantitative estimate of drug-likeness (QED) is 0.813. The highest BCUT2D eigenvalue weighted by Crippen LogP contribution is 2.32. The number of alkyl halides is 2. The molecule has 0 radical (unpaired) electrons. The van der Waals surface area contributed by atoms with Crippen molar-refractivity contribution in [3.8, 4) is 11.5 Å². The van der Waals surface area contributed by atoms with E-state index in [1.165, 1.54) is 0 Å². The second-order valence-electron chi connectivity index (χ2n) is 3.24. The lowest BCUT2D eigenvalue weighted by Crippen LogP contribution is -2.43. The van der Waals surface area contributed by atoms with E-state index in [1.54, 1.807) is 24.3 Å². The molecule has 0 bridgehead atoms. The Kier molecular flexibility index (Phi) is 2.73. The minimum absolute atomic E-state index is 0.0669. The zero-order valence-electron chi connectivity index (χ0n) is 7.77. The lowest BCUT2D eigenvalue weighted by molar-refractivity contribution is -0.0861. The number of benzene rings is 1. The predicted octanol–water partition coefficient (Wildman–Crippen LogP) is 1.45. The Hall–Kier alpha value is -1.36. The van der Waals surface area contributed by atoms with E-state index in [1.807, 2.05) is 0 Å². The molecule has 82 valence electrons. The van der Waals surface area contributed by atoms with E-state index in [-0.39, 0.29) is 6.61 Å². The minimum atomic E-state index is -2.83. The lowest BCUT2D eigenvalue weighted by atomic mass is 10.2. The van der Waals surface area contributed by atoms with Gasteiger partial charge in [0.1, 0.15) is 6.61 Å². The zero-order valence-corrected chi connectivity index (χ0v) is 7.77. The van der Waals surface area contributed by atoms with Gasteiger partial charge in [0.15, 0.2) is 23.7 Å². The summed E-state index contributed by atoms with van der Waals surface area (Å²) in [6.45, 7) is -0.0669. The van der Waals surface area contributed by atoms with E-state index in [0.717, 1.165) is 0 Å². The van der Waals surface area contributed by atoms with Gasteiger partial charge in [-0.1, -0.05) is 12.1 Å². The molecule has 1 N–H and O–H groups in total. The molecule has 0 aliphatic carbocycles. The van der Waals surface area contributed by atoms with Gasteiger partial charge in [-0.2, -0.15) is 0 Å². The molecular formula is C10H10F2O3. The summed E-state index contributed by atoms with van der Waals surface area (Å²) < 4.78 is 34.8. The molecule has 2 rings (SSSR count). The number of para-hydroxylation sites is 2. The van der Waals surface area contributed by atoms with Crippen molar-refractivity contribution in [3.05, 3.63) is 24.3 Å². The third-order valence-electron chi connectivity index (χ3n) is 2.17. The fourth-order valence-corrected chi connectivity index (χ4v) is 1.37. The number of ether oxygens (including phenoxy) is 2. The van der Waals surface area contributed by atoms with Crippen LogP contribution in [0.4, 0.5) is 8.78 Å². The molecule has 1 aromatic rings. The lowest BCUT2D eigenvalue weighted by Gasteiger charge is -2.29. The number of aliphatic hydroxyl groups is 1. The van der Waals surface area contributed by atoms with Gasteiger partial charge < -0.3 is 14.6 Å². The van der Waals surface area contributed by atoms with Crippen molar-refractivity contribution in [3.63, 3.8) is 0 Å². The van der Waals surface area contributed by atoms with E-state index in [9.17, 15) is 8.78 Å². The van der Waals surface area contributed by atoms with Crippen molar-refractivity contribution in [1.29, 1.82) is 0 Å². The molecule has 3 nitrogen and oxygen atoms in total. The molecule has 0 saturated heterocycles. The molecule has 15 heavy (non-hydrogen) atoms. The van der Waals surface area contributed by atoms with Crippen LogP contribution in [0.1, 0.15) is 0 Å². The highest BCUT2D eigenvalue weighted by molar-refractivity contribution is 5.40. The second-order valence-corrected chi connectivity index (χ2v) is 3.24. The van der Waals surface area contributed by atoms with Crippen molar-refractivity contribution in [2.24, 2.45) is 0 Å². The van der Waals surface area contributed by atoms with Gasteiger partial charge in [0.05, 0.1) is 0 Å².